The maximum Gasteiger partial charge on any atom is 0.119 e. The molecule has 118 valence electrons. The van der Waals surface area contributed by atoms with Crippen LogP contribution in [-0.2, 0) is 15.9 Å². The van der Waals surface area contributed by atoms with E-state index in [4.69, 9.17) is 14.2 Å². The minimum atomic E-state index is 0.224. The summed E-state index contributed by atoms with van der Waals surface area (Å²) in [5.41, 5.74) is 2.72. The number of hydrogen-bond donors (Lipinski definition) is 1. The van der Waals surface area contributed by atoms with Gasteiger partial charge in [-0.1, -0.05) is 13.0 Å². The maximum atomic E-state index is 6.10. The summed E-state index contributed by atoms with van der Waals surface area (Å²) in [6, 6.07) is 6.62. The molecule has 1 N–H and O–H groups in total. The highest BCUT2D eigenvalue weighted by atomic mass is 16.5. The lowest BCUT2D eigenvalue weighted by Crippen LogP contribution is -2.38. The summed E-state index contributed by atoms with van der Waals surface area (Å²) in [4.78, 5) is 0. The lowest BCUT2D eigenvalue weighted by Gasteiger charge is -2.34. The second-order valence-corrected chi connectivity index (χ2v) is 5.39. The van der Waals surface area contributed by atoms with E-state index < -0.39 is 0 Å². The molecule has 0 saturated heterocycles. The van der Waals surface area contributed by atoms with Crippen molar-refractivity contribution in [1.82, 2.24) is 5.32 Å². The van der Waals surface area contributed by atoms with Gasteiger partial charge in [-0.05, 0) is 49.1 Å². The van der Waals surface area contributed by atoms with Crippen molar-refractivity contribution in [2.45, 2.75) is 38.3 Å². The van der Waals surface area contributed by atoms with E-state index >= 15 is 0 Å². The molecule has 0 amide bonds. The molecule has 2 unspecified atom stereocenters. The van der Waals surface area contributed by atoms with Gasteiger partial charge in [-0.2, -0.15) is 0 Å². The standard InChI is InChI=1S/C17H27NO3/c1-4-18-17-15-12-14(20-3)8-6-13(15)7-9-16(17)21-11-5-10-19-2/h6,8,12,16-18H,4-5,7,9-11H2,1-3H3. The van der Waals surface area contributed by atoms with Gasteiger partial charge in [0.15, 0.2) is 0 Å². The largest absolute Gasteiger partial charge is 0.497 e. The summed E-state index contributed by atoms with van der Waals surface area (Å²) in [5.74, 6) is 0.914. The summed E-state index contributed by atoms with van der Waals surface area (Å²) in [6.07, 6.45) is 3.29. The molecule has 1 aliphatic rings. The van der Waals surface area contributed by atoms with Crippen LogP contribution in [0.4, 0.5) is 0 Å². The van der Waals surface area contributed by atoms with E-state index in [0.29, 0.717) is 0 Å². The van der Waals surface area contributed by atoms with Crippen LogP contribution in [-0.4, -0.2) is 40.1 Å². The molecule has 0 heterocycles. The summed E-state index contributed by atoms with van der Waals surface area (Å²) in [7, 11) is 3.44. The fraction of sp³-hybridized carbons (Fsp3) is 0.647. The van der Waals surface area contributed by atoms with Crippen LogP contribution in [0.2, 0.25) is 0 Å². The zero-order chi connectivity index (χ0) is 15.1. The number of aryl methyl sites for hydroxylation is 1. The van der Waals surface area contributed by atoms with Crippen molar-refractivity contribution in [2.75, 3.05) is 34.0 Å². The van der Waals surface area contributed by atoms with Crippen molar-refractivity contribution >= 4 is 0 Å². The molecular formula is C17H27NO3. The first-order chi connectivity index (χ1) is 10.3. The van der Waals surface area contributed by atoms with E-state index in [1.807, 2.05) is 6.07 Å². The van der Waals surface area contributed by atoms with E-state index in [1.165, 1.54) is 11.1 Å². The second-order valence-electron chi connectivity index (χ2n) is 5.39. The average Bonchev–Trinajstić information content (AvgIpc) is 2.52. The lowest BCUT2D eigenvalue weighted by atomic mass is 9.85. The number of rotatable bonds is 8. The SMILES string of the molecule is CCNC1c2cc(OC)ccc2CCC1OCCCOC. The van der Waals surface area contributed by atoms with Crippen LogP contribution in [0.3, 0.4) is 0 Å². The van der Waals surface area contributed by atoms with E-state index in [9.17, 15) is 0 Å². The third-order valence-electron chi connectivity index (χ3n) is 4.01. The quantitative estimate of drug-likeness (QED) is 0.748. The molecule has 0 radical (unpaired) electrons. The predicted molar refractivity (Wildman–Crippen MR) is 84.0 cm³/mol. The van der Waals surface area contributed by atoms with Crippen molar-refractivity contribution in [1.29, 1.82) is 0 Å². The molecular weight excluding hydrogens is 266 g/mol. The average molecular weight is 293 g/mol. The van der Waals surface area contributed by atoms with Gasteiger partial charge >= 0.3 is 0 Å². The van der Waals surface area contributed by atoms with E-state index in [0.717, 1.165) is 44.8 Å². The smallest absolute Gasteiger partial charge is 0.119 e. The normalized spacial score (nSPS) is 21.1. The molecule has 2 rings (SSSR count). The minimum Gasteiger partial charge on any atom is -0.497 e. The Balaban J connectivity index is 2.09. The number of methoxy groups -OCH3 is 2. The van der Waals surface area contributed by atoms with Gasteiger partial charge in [0.2, 0.25) is 0 Å². The maximum absolute atomic E-state index is 6.10. The lowest BCUT2D eigenvalue weighted by molar-refractivity contribution is 0.00693. The van der Waals surface area contributed by atoms with Gasteiger partial charge < -0.3 is 19.5 Å². The Kier molecular flexibility index (Phi) is 6.49. The van der Waals surface area contributed by atoms with Gasteiger partial charge in [-0.3, -0.25) is 0 Å². The number of hydrogen-bond acceptors (Lipinski definition) is 4. The van der Waals surface area contributed by atoms with Crippen molar-refractivity contribution in [3.63, 3.8) is 0 Å². The third-order valence-corrected chi connectivity index (χ3v) is 4.01. The Morgan fingerprint density at radius 2 is 2.10 bits per heavy atom. The molecule has 4 heteroatoms. The topological polar surface area (TPSA) is 39.7 Å². The first-order valence-corrected chi connectivity index (χ1v) is 7.80. The molecule has 1 aliphatic carbocycles. The first-order valence-electron chi connectivity index (χ1n) is 7.80. The van der Waals surface area contributed by atoms with Crippen molar-refractivity contribution < 1.29 is 14.2 Å². The Bertz CT molecular complexity index is 436. The molecule has 1 aromatic rings. The zero-order valence-corrected chi connectivity index (χ0v) is 13.4. The Morgan fingerprint density at radius 1 is 1.24 bits per heavy atom. The Hall–Kier alpha value is -1.10. The van der Waals surface area contributed by atoms with Gasteiger partial charge in [0.1, 0.15) is 5.75 Å². The van der Waals surface area contributed by atoms with Crippen LogP contribution >= 0.6 is 0 Å². The molecule has 0 spiro atoms. The van der Waals surface area contributed by atoms with Gasteiger partial charge in [0.25, 0.3) is 0 Å². The molecule has 0 bridgehead atoms. The fourth-order valence-electron chi connectivity index (χ4n) is 2.96. The molecule has 0 saturated carbocycles. The van der Waals surface area contributed by atoms with Crippen molar-refractivity contribution in [3.05, 3.63) is 29.3 Å². The summed E-state index contributed by atoms with van der Waals surface area (Å²) >= 11 is 0. The van der Waals surface area contributed by atoms with Crippen LogP contribution in [0, 0.1) is 0 Å². The predicted octanol–water partition coefficient (Wildman–Crippen LogP) is 2.71. The summed E-state index contributed by atoms with van der Waals surface area (Å²) in [6.45, 7) is 4.57. The van der Waals surface area contributed by atoms with Gasteiger partial charge in [-0.25, -0.2) is 0 Å². The first kappa shape index (κ1) is 16.3. The molecule has 2 atom stereocenters. The molecule has 1 aromatic carbocycles. The van der Waals surface area contributed by atoms with Gasteiger partial charge in [-0.15, -0.1) is 0 Å². The highest BCUT2D eigenvalue weighted by Gasteiger charge is 2.29. The van der Waals surface area contributed by atoms with Crippen LogP contribution in [0.1, 0.15) is 36.9 Å². The van der Waals surface area contributed by atoms with Crippen LogP contribution in [0.15, 0.2) is 18.2 Å². The van der Waals surface area contributed by atoms with Crippen molar-refractivity contribution in [2.24, 2.45) is 0 Å². The minimum absolute atomic E-state index is 0.224. The highest BCUT2D eigenvalue weighted by molar-refractivity contribution is 5.40. The van der Waals surface area contributed by atoms with Crippen molar-refractivity contribution in [3.8, 4) is 5.75 Å². The molecule has 21 heavy (non-hydrogen) atoms. The number of fused-ring (bicyclic) bond motifs is 1. The van der Waals surface area contributed by atoms with Crippen LogP contribution in [0.25, 0.3) is 0 Å². The highest BCUT2D eigenvalue weighted by Crippen LogP contribution is 2.34. The van der Waals surface area contributed by atoms with E-state index in [1.54, 1.807) is 14.2 Å². The molecule has 4 nitrogen and oxygen atoms in total. The van der Waals surface area contributed by atoms with Crippen LogP contribution < -0.4 is 10.1 Å². The third kappa shape index (κ3) is 4.19. The molecule has 0 aromatic heterocycles. The van der Waals surface area contributed by atoms with E-state index in [-0.39, 0.29) is 12.1 Å². The molecule has 0 fully saturated rings. The number of ether oxygens (including phenoxy) is 3. The second kappa shape index (κ2) is 8.37. The zero-order valence-electron chi connectivity index (χ0n) is 13.4. The Labute approximate surface area is 127 Å². The number of benzene rings is 1. The monoisotopic (exact) mass is 293 g/mol. The van der Waals surface area contributed by atoms with Gasteiger partial charge in [0, 0.05) is 20.3 Å². The van der Waals surface area contributed by atoms with E-state index in [2.05, 4.69) is 24.4 Å². The number of nitrogens with one attached hydrogen (secondary N) is 1. The summed E-state index contributed by atoms with van der Waals surface area (Å²) in [5, 5.41) is 3.57. The summed E-state index contributed by atoms with van der Waals surface area (Å²) < 4.78 is 16.5. The Morgan fingerprint density at radius 3 is 2.81 bits per heavy atom. The fourth-order valence-corrected chi connectivity index (χ4v) is 2.96. The van der Waals surface area contributed by atoms with Gasteiger partial charge in [0.05, 0.1) is 19.3 Å². The van der Waals surface area contributed by atoms with Crippen LogP contribution in [0.5, 0.6) is 5.75 Å². The number of likely N-dealkylation sites (N-methyl/N-ethyl adjacent to an activating group) is 1. The molecule has 0 aliphatic heterocycles.